The van der Waals surface area contributed by atoms with Gasteiger partial charge in [0.05, 0.1) is 13.7 Å². The number of aryl methyl sites for hydroxylation is 1. The van der Waals surface area contributed by atoms with E-state index in [-0.39, 0.29) is 29.9 Å². The van der Waals surface area contributed by atoms with Gasteiger partial charge in [-0.25, -0.2) is 0 Å². The van der Waals surface area contributed by atoms with Crippen molar-refractivity contribution in [3.8, 4) is 11.5 Å². The van der Waals surface area contributed by atoms with Crippen molar-refractivity contribution in [1.29, 1.82) is 0 Å². The summed E-state index contributed by atoms with van der Waals surface area (Å²) in [6.45, 7) is 7.33. The Kier molecular flexibility index (Phi) is 10.6. The molecule has 2 N–H and O–H groups in total. The predicted octanol–water partition coefficient (Wildman–Crippen LogP) is 3.84. The van der Waals surface area contributed by atoms with Gasteiger partial charge in [-0.15, -0.1) is 24.0 Å². The molecule has 0 spiro atoms. The number of hydrogen-bond donors (Lipinski definition) is 2. The van der Waals surface area contributed by atoms with Gasteiger partial charge < -0.3 is 24.6 Å². The highest BCUT2D eigenvalue weighted by Gasteiger charge is 2.10. The first-order valence-corrected chi connectivity index (χ1v) is 9.18. The number of ether oxygens (including phenoxy) is 2. The van der Waals surface area contributed by atoms with E-state index < -0.39 is 0 Å². The van der Waals surface area contributed by atoms with Crippen LogP contribution in [-0.2, 0) is 6.42 Å². The molecular formula is C19H30IN5O3. The maximum atomic E-state index is 5.60. The largest absolute Gasteiger partial charge is 0.493 e. The number of aliphatic imine (C=N–C) groups is 1. The summed E-state index contributed by atoms with van der Waals surface area (Å²) in [5.74, 6) is 3.76. The normalized spacial score (nSPS) is 11.1. The van der Waals surface area contributed by atoms with Gasteiger partial charge in [-0.2, -0.15) is 4.98 Å². The monoisotopic (exact) mass is 503 g/mol. The van der Waals surface area contributed by atoms with Crippen LogP contribution in [-0.4, -0.2) is 43.4 Å². The molecule has 0 bridgehead atoms. The standard InChI is InChI=1S/C19H29N5O3.HI/c1-6-26-16-12-14(9-10-15(16)25-5)22-19(20-4)21-11-7-8-17-23-18(13(2)3)24-27-17;/h9-10,12-13H,6-8,11H2,1-5H3,(H2,20,21,22);1H. The third-order valence-corrected chi connectivity index (χ3v) is 3.81. The van der Waals surface area contributed by atoms with Crippen molar-refractivity contribution in [3.05, 3.63) is 29.9 Å². The Balaban J connectivity index is 0.00000392. The minimum Gasteiger partial charge on any atom is -0.493 e. The van der Waals surface area contributed by atoms with E-state index in [1.165, 1.54) is 0 Å². The second kappa shape index (κ2) is 12.4. The molecule has 0 unspecified atom stereocenters. The number of nitrogens with zero attached hydrogens (tertiary/aromatic N) is 3. The van der Waals surface area contributed by atoms with Crippen molar-refractivity contribution < 1.29 is 14.0 Å². The van der Waals surface area contributed by atoms with Crippen LogP contribution < -0.4 is 20.1 Å². The van der Waals surface area contributed by atoms with Crippen molar-refractivity contribution in [3.63, 3.8) is 0 Å². The van der Waals surface area contributed by atoms with Crippen molar-refractivity contribution in [1.82, 2.24) is 15.5 Å². The van der Waals surface area contributed by atoms with Crippen LogP contribution in [0, 0.1) is 0 Å². The van der Waals surface area contributed by atoms with E-state index in [4.69, 9.17) is 14.0 Å². The number of hydrogen-bond acceptors (Lipinski definition) is 6. The molecule has 0 fully saturated rings. The lowest BCUT2D eigenvalue weighted by molar-refractivity contribution is 0.311. The van der Waals surface area contributed by atoms with Crippen molar-refractivity contribution in [2.45, 2.75) is 39.5 Å². The highest BCUT2D eigenvalue weighted by Crippen LogP contribution is 2.30. The molecule has 0 saturated carbocycles. The molecule has 1 aromatic heterocycles. The Bertz CT molecular complexity index is 749. The zero-order chi connectivity index (χ0) is 19.6. The minimum atomic E-state index is 0. The quantitative estimate of drug-likeness (QED) is 0.233. The molecule has 2 aromatic rings. The van der Waals surface area contributed by atoms with Crippen molar-refractivity contribution in [2.75, 3.05) is 32.6 Å². The zero-order valence-corrected chi connectivity index (χ0v) is 19.4. The van der Waals surface area contributed by atoms with Gasteiger partial charge >= 0.3 is 0 Å². The van der Waals surface area contributed by atoms with Crippen LogP contribution in [0.1, 0.15) is 44.8 Å². The minimum absolute atomic E-state index is 0. The summed E-state index contributed by atoms with van der Waals surface area (Å²) < 4.78 is 16.2. The van der Waals surface area contributed by atoms with Gasteiger partial charge in [-0.1, -0.05) is 19.0 Å². The molecule has 2 rings (SSSR count). The van der Waals surface area contributed by atoms with Crippen molar-refractivity contribution in [2.24, 2.45) is 4.99 Å². The Morgan fingerprint density at radius 3 is 2.68 bits per heavy atom. The topological polar surface area (TPSA) is 93.8 Å². The Labute approximate surface area is 183 Å². The number of anilines is 1. The lowest BCUT2D eigenvalue weighted by atomic mass is 10.2. The zero-order valence-electron chi connectivity index (χ0n) is 17.1. The second-order valence-electron chi connectivity index (χ2n) is 6.23. The summed E-state index contributed by atoms with van der Waals surface area (Å²) in [7, 11) is 3.36. The van der Waals surface area contributed by atoms with E-state index in [1.54, 1.807) is 14.2 Å². The summed E-state index contributed by atoms with van der Waals surface area (Å²) in [6, 6.07) is 5.67. The number of guanidine groups is 1. The van der Waals surface area contributed by atoms with E-state index >= 15 is 0 Å². The van der Waals surface area contributed by atoms with Crippen LogP contribution in [0.2, 0.25) is 0 Å². The summed E-state index contributed by atoms with van der Waals surface area (Å²) in [4.78, 5) is 8.63. The summed E-state index contributed by atoms with van der Waals surface area (Å²) in [5.41, 5.74) is 0.867. The van der Waals surface area contributed by atoms with E-state index in [2.05, 4.69) is 25.8 Å². The maximum absolute atomic E-state index is 5.60. The molecule has 0 radical (unpaired) electrons. The number of methoxy groups -OCH3 is 1. The average molecular weight is 503 g/mol. The van der Waals surface area contributed by atoms with Crippen LogP contribution in [0.4, 0.5) is 5.69 Å². The van der Waals surface area contributed by atoms with E-state index in [9.17, 15) is 0 Å². The molecule has 8 nitrogen and oxygen atoms in total. The molecule has 0 atom stereocenters. The molecule has 1 heterocycles. The third kappa shape index (κ3) is 7.17. The first kappa shape index (κ1) is 24.0. The average Bonchev–Trinajstić information content (AvgIpc) is 3.14. The fourth-order valence-electron chi connectivity index (χ4n) is 2.39. The SMILES string of the molecule is CCOc1cc(NC(=NC)NCCCc2nc(C(C)C)no2)ccc1OC.I. The molecule has 0 aliphatic rings. The highest BCUT2D eigenvalue weighted by atomic mass is 127. The predicted molar refractivity (Wildman–Crippen MR) is 121 cm³/mol. The summed E-state index contributed by atoms with van der Waals surface area (Å²) in [5, 5.41) is 10.5. The highest BCUT2D eigenvalue weighted by molar-refractivity contribution is 14.0. The maximum Gasteiger partial charge on any atom is 0.226 e. The molecule has 28 heavy (non-hydrogen) atoms. The van der Waals surface area contributed by atoms with E-state index in [1.807, 2.05) is 39.0 Å². The van der Waals surface area contributed by atoms with Crippen molar-refractivity contribution >= 4 is 35.6 Å². The summed E-state index contributed by atoms with van der Waals surface area (Å²) in [6.07, 6.45) is 1.58. The van der Waals surface area contributed by atoms with Crippen LogP contribution in [0.25, 0.3) is 0 Å². The molecular weight excluding hydrogens is 473 g/mol. The van der Waals surface area contributed by atoms with E-state index in [0.29, 0.717) is 30.0 Å². The fourth-order valence-corrected chi connectivity index (χ4v) is 2.39. The van der Waals surface area contributed by atoms with Crippen LogP contribution in [0.3, 0.4) is 0 Å². The molecule has 156 valence electrons. The molecule has 0 amide bonds. The Hall–Kier alpha value is -2.04. The Morgan fingerprint density at radius 2 is 2.07 bits per heavy atom. The lowest BCUT2D eigenvalue weighted by Crippen LogP contribution is -2.31. The van der Waals surface area contributed by atoms with Gasteiger partial charge in [0.15, 0.2) is 23.3 Å². The molecule has 9 heteroatoms. The van der Waals surface area contributed by atoms with Gasteiger partial charge in [-0.3, -0.25) is 4.99 Å². The fraction of sp³-hybridized carbons (Fsp3) is 0.526. The third-order valence-electron chi connectivity index (χ3n) is 3.81. The molecule has 0 aliphatic heterocycles. The van der Waals surface area contributed by atoms with Crippen LogP contribution in [0.15, 0.2) is 27.7 Å². The van der Waals surface area contributed by atoms with E-state index in [0.717, 1.165) is 30.9 Å². The van der Waals surface area contributed by atoms with Crippen LogP contribution >= 0.6 is 24.0 Å². The van der Waals surface area contributed by atoms with Gasteiger partial charge in [-0.05, 0) is 25.5 Å². The first-order valence-electron chi connectivity index (χ1n) is 9.18. The van der Waals surface area contributed by atoms with Crippen LogP contribution in [0.5, 0.6) is 11.5 Å². The van der Waals surface area contributed by atoms with Gasteiger partial charge in [0.25, 0.3) is 0 Å². The number of rotatable bonds is 9. The lowest BCUT2D eigenvalue weighted by Gasteiger charge is -2.14. The molecule has 0 saturated heterocycles. The number of nitrogens with one attached hydrogen (secondary N) is 2. The first-order chi connectivity index (χ1) is 13.1. The Morgan fingerprint density at radius 1 is 1.29 bits per heavy atom. The van der Waals surface area contributed by atoms with Gasteiger partial charge in [0.2, 0.25) is 5.89 Å². The number of benzene rings is 1. The summed E-state index contributed by atoms with van der Waals surface area (Å²) >= 11 is 0. The number of aromatic nitrogens is 2. The van der Waals surface area contributed by atoms with Gasteiger partial charge in [0.1, 0.15) is 0 Å². The number of halogens is 1. The molecule has 0 aliphatic carbocycles. The molecule has 1 aromatic carbocycles. The van der Waals surface area contributed by atoms with Gasteiger partial charge in [0, 0.05) is 37.7 Å². The smallest absolute Gasteiger partial charge is 0.226 e. The second-order valence-corrected chi connectivity index (χ2v) is 6.23.